The summed E-state index contributed by atoms with van der Waals surface area (Å²) >= 11 is 0. The maximum Gasteiger partial charge on any atom is 0.271 e. The topological polar surface area (TPSA) is 117 Å². The quantitative estimate of drug-likeness (QED) is 0.616. The zero-order valence-electron chi connectivity index (χ0n) is 19.2. The van der Waals surface area contributed by atoms with Crippen LogP contribution in [0.2, 0.25) is 0 Å². The molecular weight excluding hydrogens is 460 g/mol. The molecule has 0 aliphatic carbocycles. The molecule has 0 atom stereocenters. The van der Waals surface area contributed by atoms with Crippen molar-refractivity contribution in [2.75, 3.05) is 45.3 Å². The zero-order valence-corrected chi connectivity index (χ0v) is 20.0. The van der Waals surface area contributed by atoms with Crippen molar-refractivity contribution in [3.05, 3.63) is 47.5 Å². The first kappa shape index (κ1) is 23.8. The number of carbonyl (C=O) groups excluding carboxylic acids is 2. The maximum absolute atomic E-state index is 13.1. The number of rotatable bonds is 5. The molecule has 0 radical (unpaired) electrons. The minimum atomic E-state index is -3.74. The van der Waals surface area contributed by atoms with Gasteiger partial charge in [-0.15, -0.1) is 0 Å². The first-order valence-electron chi connectivity index (χ1n) is 11.1. The highest BCUT2D eigenvalue weighted by Gasteiger charge is 2.24. The number of amides is 2. The van der Waals surface area contributed by atoms with Gasteiger partial charge in [0.15, 0.2) is 11.5 Å². The Bertz CT molecular complexity index is 1190. The molecule has 0 spiro atoms. The van der Waals surface area contributed by atoms with Gasteiger partial charge in [-0.1, -0.05) is 0 Å². The molecule has 2 aromatic carbocycles. The fourth-order valence-corrected chi connectivity index (χ4v) is 4.84. The van der Waals surface area contributed by atoms with Gasteiger partial charge in [0.1, 0.15) is 13.2 Å². The largest absolute Gasteiger partial charge is 0.486 e. The van der Waals surface area contributed by atoms with Crippen molar-refractivity contribution in [2.24, 2.45) is 0 Å². The Morgan fingerprint density at radius 3 is 2.26 bits per heavy atom. The van der Waals surface area contributed by atoms with Crippen molar-refractivity contribution in [1.82, 2.24) is 15.2 Å². The van der Waals surface area contributed by atoms with E-state index in [-0.39, 0.29) is 16.0 Å². The summed E-state index contributed by atoms with van der Waals surface area (Å²) in [5.41, 5.74) is 5.90. The van der Waals surface area contributed by atoms with Gasteiger partial charge in [0.05, 0.1) is 10.5 Å². The number of fused-ring (bicyclic) bond motifs is 1. The minimum Gasteiger partial charge on any atom is -0.486 e. The lowest BCUT2D eigenvalue weighted by atomic mass is 10.1. The lowest BCUT2D eigenvalue weighted by Crippen LogP contribution is -2.42. The predicted molar refractivity (Wildman–Crippen MR) is 126 cm³/mol. The van der Waals surface area contributed by atoms with E-state index in [9.17, 15) is 18.0 Å². The second-order valence-electron chi connectivity index (χ2n) is 8.28. The Hall–Kier alpha value is -3.31. The van der Waals surface area contributed by atoms with Crippen molar-refractivity contribution in [1.29, 1.82) is 0 Å². The molecule has 1 fully saturated rings. The molecule has 11 heteroatoms. The minimum absolute atomic E-state index is 0.00146. The number of benzene rings is 2. The molecule has 2 aliphatic heterocycles. The Morgan fingerprint density at radius 2 is 1.56 bits per heavy atom. The number of ether oxygens (including phenoxy) is 2. The zero-order chi connectivity index (χ0) is 24.3. The van der Waals surface area contributed by atoms with Gasteiger partial charge < -0.3 is 14.4 Å². The van der Waals surface area contributed by atoms with E-state index < -0.39 is 21.8 Å². The van der Waals surface area contributed by atoms with Crippen LogP contribution >= 0.6 is 0 Å². The fraction of sp³-hybridized carbons (Fsp3) is 0.391. The average Bonchev–Trinajstić information content (AvgIpc) is 2.86. The molecule has 2 aromatic rings. The molecule has 2 amide bonds. The van der Waals surface area contributed by atoms with E-state index in [1.54, 1.807) is 24.3 Å². The highest BCUT2D eigenvalue weighted by atomic mass is 32.2. The summed E-state index contributed by atoms with van der Waals surface area (Å²) in [6.07, 6.45) is 3.08. The smallest absolute Gasteiger partial charge is 0.271 e. The molecule has 1 saturated heterocycles. The molecule has 2 heterocycles. The van der Waals surface area contributed by atoms with Crippen LogP contribution in [-0.4, -0.2) is 64.9 Å². The van der Waals surface area contributed by atoms with Crippen molar-refractivity contribution >= 4 is 27.5 Å². The Balaban J connectivity index is 1.56. The Labute approximate surface area is 198 Å². The highest BCUT2D eigenvalue weighted by molar-refractivity contribution is 7.89. The van der Waals surface area contributed by atoms with Crippen molar-refractivity contribution in [2.45, 2.75) is 24.2 Å². The highest BCUT2D eigenvalue weighted by Crippen LogP contribution is 2.31. The number of anilines is 1. The molecule has 0 aromatic heterocycles. The second-order valence-corrected chi connectivity index (χ2v) is 10.4. The maximum atomic E-state index is 13.1. The van der Waals surface area contributed by atoms with E-state index in [0.29, 0.717) is 30.4 Å². The molecule has 2 aliphatic rings. The van der Waals surface area contributed by atoms with Gasteiger partial charge in [0.2, 0.25) is 10.0 Å². The number of sulfonamides is 1. The van der Waals surface area contributed by atoms with Crippen LogP contribution in [0.3, 0.4) is 0 Å². The summed E-state index contributed by atoms with van der Waals surface area (Å²) in [7, 11) is -0.878. The number of carbonyl (C=O) groups is 2. The van der Waals surface area contributed by atoms with Crippen molar-refractivity contribution < 1.29 is 27.5 Å². The molecule has 182 valence electrons. The standard InChI is InChI=1S/C23H28N4O6S/c1-26(2)34(30,31)17-7-8-19(27-10-4-3-5-11-27)18(15-17)23(29)25-24-22(28)16-6-9-20-21(14-16)33-13-12-32-20/h6-9,14-15H,3-5,10-13H2,1-2H3,(H,24,28)(H,25,29). The number of nitrogens with zero attached hydrogens (tertiary/aromatic N) is 2. The van der Waals surface area contributed by atoms with Crippen LogP contribution in [0, 0.1) is 0 Å². The number of hydrazine groups is 1. The first-order valence-corrected chi connectivity index (χ1v) is 12.5. The molecule has 0 saturated carbocycles. The number of hydrogen-bond acceptors (Lipinski definition) is 7. The van der Waals surface area contributed by atoms with Crippen molar-refractivity contribution in [3.63, 3.8) is 0 Å². The average molecular weight is 489 g/mol. The summed E-state index contributed by atoms with van der Waals surface area (Å²) in [5.74, 6) is -0.139. The monoisotopic (exact) mass is 488 g/mol. The lowest BCUT2D eigenvalue weighted by Gasteiger charge is -2.30. The predicted octanol–water partition coefficient (Wildman–Crippen LogP) is 1.77. The van der Waals surface area contributed by atoms with Crippen molar-refractivity contribution in [3.8, 4) is 11.5 Å². The Morgan fingerprint density at radius 1 is 0.882 bits per heavy atom. The second kappa shape index (κ2) is 9.90. The third-order valence-corrected chi connectivity index (χ3v) is 7.59. The number of piperidine rings is 1. The molecule has 4 rings (SSSR count). The van der Waals surface area contributed by atoms with Gasteiger partial charge in [0, 0.05) is 38.4 Å². The van der Waals surface area contributed by atoms with Gasteiger partial charge in [-0.25, -0.2) is 12.7 Å². The molecule has 0 unspecified atom stereocenters. The van der Waals surface area contributed by atoms with E-state index >= 15 is 0 Å². The normalized spacial score (nSPS) is 15.7. The van der Waals surface area contributed by atoms with E-state index in [4.69, 9.17) is 9.47 Å². The molecule has 2 N–H and O–H groups in total. The van der Waals surface area contributed by atoms with Crippen LogP contribution in [0.4, 0.5) is 5.69 Å². The summed E-state index contributed by atoms with van der Waals surface area (Å²) in [6, 6.07) is 9.25. The van der Waals surface area contributed by atoms with Gasteiger partial charge in [-0.2, -0.15) is 0 Å². The summed E-state index contributed by atoms with van der Waals surface area (Å²) < 4.78 is 37.3. The SMILES string of the molecule is CN(C)S(=O)(=O)c1ccc(N2CCCCC2)c(C(=O)NNC(=O)c2ccc3c(c2)OCCO3)c1. The van der Waals surface area contributed by atoms with Crippen LogP contribution in [0.15, 0.2) is 41.3 Å². The van der Waals surface area contributed by atoms with Gasteiger partial charge in [-0.3, -0.25) is 20.4 Å². The van der Waals surface area contributed by atoms with Gasteiger partial charge >= 0.3 is 0 Å². The molecular formula is C23H28N4O6S. The van der Waals surface area contributed by atoms with E-state index in [1.807, 2.05) is 0 Å². The first-order chi connectivity index (χ1) is 16.3. The molecule has 0 bridgehead atoms. The third kappa shape index (κ3) is 4.95. The van der Waals surface area contributed by atoms with E-state index in [2.05, 4.69) is 15.8 Å². The van der Waals surface area contributed by atoms with Crippen LogP contribution in [0.1, 0.15) is 40.0 Å². The summed E-state index contributed by atoms with van der Waals surface area (Å²) in [6.45, 7) is 2.37. The summed E-state index contributed by atoms with van der Waals surface area (Å²) in [4.78, 5) is 27.8. The number of hydrogen-bond donors (Lipinski definition) is 2. The van der Waals surface area contributed by atoms with Gasteiger partial charge in [0.25, 0.3) is 11.8 Å². The third-order valence-electron chi connectivity index (χ3n) is 5.78. The van der Waals surface area contributed by atoms with Crippen LogP contribution in [0.25, 0.3) is 0 Å². The molecule has 34 heavy (non-hydrogen) atoms. The van der Waals surface area contributed by atoms with Crippen LogP contribution in [0.5, 0.6) is 11.5 Å². The van der Waals surface area contributed by atoms with Crippen LogP contribution in [-0.2, 0) is 10.0 Å². The molecule has 10 nitrogen and oxygen atoms in total. The van der Waals surface area contributed by atoms with E-state index in [1.165, 1.54) is 26.2 Å². The number of nitrogens with one attached hydrogen (secondary N) is 2. The summed E-state index contributed by atoms with van der Waals surface area (Å²) in [5, 5.41) is 0. The Kier molecular flexibility index (Phi) is 6.94. The lowest BCUT2D eigenvalue weighted by molar-refractivity contribution is 0.0846. The van der Waals surface area contributed by atoms with Crippen LogP contribution < -0.4 is 25.2 Å². The van der Waals surface area contributed by atoms with Gasteiger partial charge in [-0.05, 0) is 55.7 Å². The fourth-order valence-electron chi connectivity index (χ4n) is 3.92. The van der Waals surface area contributed by atoms with E-state index in [0.717, 1.165) is 36.7 Å².